The Kier molecular flexibility index (Phi) is 4.57. The first kappa shape index (κ1) is 15.4. The summed E-state index contributed by atoms with van der Waals surface area (Å²) < 4.78 is 13.9. The number of pyridine rings is 1. The summed E-state index contributed by atoms with van der Waals surface area (Å²) in [6, 6.07) is 1.85. The van der Waals surface area contributed by atoms with Crippen LogP contribution >= 0.6 is 0 Å². The Morgan fingerprint density at radius 3 is 2.90 bits per heavy atom. The zero-order valence-electron chi connectivity index (χ0n) is 12.8. The number of carbonyl (C=O) groups is 1. The van der Waals surface area contributed by atoms with E-state index in [1.807, 2.05) is 7.05 Å². The quantitative estimate of drug-likeness (QED) is 0.916. The van der Waals surface area contributed by atoms with Gasteiger partial charge in [-0.15, -0.1) is 0 Å². The lowest BCUT2D eigenvalue weighted by Gasteiger charge is -2.41. The van der Waals surface area contributed by atoms with E-state index in [2.05, 4.69) is 29.0 Å². The van der Waals surface area contributed by atoms with Crippen molar-refractivity contribution < 1.29 is 9.18 Å². The molecule has 0 spiro atoms. The Morgan fingerprint density at radius 1 is 1.57 bits per heavy atom. The summed E-state index contributed by atoms with van der Waals surface area (Å²) >= 11 is 0. The third kappa shape index (κ3) is 3.05. The second kappa shape index (κ2) is 6.22. The van der Waals surface area contributed by atoms with Crippen LogP contribution in [0.25, 0.3) is 5.70 Å². The smallest absolute Gasteiger partial charge is 0.251 e. The van der Waals surface area contributed by atoms with Gasteiger partial charge in [-0.3, -0.25) is 14.7 Å². The molecule has 2 rings (SSSR count). The maximum absolute atomic E-state index is 13.9. The van der Waals surface area contributed by atoms with Gasteiger partial charge in [0, 0.05) is 30.9 Å². The van der Waals surface area contributed by atoms with Crippen molar-refractivity contribution in [1.82, 2.24) is 20.1 Å². The molecule has 1 aliphatic rings. The van der Waals surface area contributed by atoms with Crippen molar-refractivity contribution in [3.8, 4) is 0 Å². The van der Waals surface area contributed by atoms with Crippen molar-refractivity contribution in [1.29, 1.82) is 0 Å². The van der Waals surface area contributed by atoms with Crippen LogP contribution in [0.4, 0.5) is 4.39 Å². The molecule has 6 heteroatoms. The van der Waals surface area contributed by atoms with E-state index in [0.717, 1.165) is 12.6 Å². The molecule has 1 unspecified atom stereocenters. The Bertz CT molecular complexity index is 560. The molecule has 1 aliphatic heterocycles. The minimum absolute atomic E-state index is 0.153. The fraction of sp³-hybridized carbons (Fsp3) is 0.467. The molecule has 0 fully saturated rings. The fourth-order valence-electron chi connectivity index (χ4n) is 2.28. The van der Waals surface area contributed by atoms with E-state index in [9.17, 15) is 9.18 Å². The van der Waals surface area contributed by atoms with E-state index in [-0.39, 0.29) is 12.2 Å². The molecule has 114 valence electrons. The number of hydrogen-bond donors (Lipinski definition) is 1. The summed E-state index contributed by atoms with van der Waals surface area (Å²) in [4.78, 5) is 19.6. The fourth-order valence-corrected chi connectivity index (χ4v) is 2.28. The molecule has 0 bridgehead atoms. The van der Waals surface area contributed by atoms with Crippen molar-refractivity contribution in [3.05, 3.63) is 35.9 Å². The number of likely N-dealkylation sites (N-methyl/N-ethyl adjacent to an activating group) is 1. The monoisotopic (exact) mass is 292 g/mol. The van der Waals surface area contributed by atoms with Gasteiger partial charge in [-0.1, -0.05) is 6.92 Å². The molecule has 1 aromatic heterocycles. The molecule has 2 heterocycles. The van der Waals surface area contributed by atoms with E-state index in [1.165, 1.54) is 12.3 Å². The third-order valence-electron chi connectivity index (χ3n) is 4.00. The van der Waals surface area contributed by atoms with Crippen LogP contribution in [0, 0.1) is 5.82 Å². The van der Waals surface area contributed by atoms with E-state index < -0.39 is 5.82 Å². The van der Waals surface area contributed by atoms with Crippen LogP contribution < -0.4 is 5.32 Å². The van der Waals surface area contributed by atoms with E-state index in [0.29, 0.717) is 17.3 Å². The highest BCUT2D eigenvalue weighted by atomic mass is 19.1. The Hall–Kier alpha value is -1.95. The highest BCUT2D eigenvalue weighted by molar-refractivity contribution is 5.96. The largest absolute Gasteiger partial charge is 0.352 e. The summed E-state index contributed by atoms with van der Waals surface area (Å²) in [5.41, 5.74) is 0.840. The van der Waals surface area contributed by atoms with Crippen molar-refractivity contribution in [2.75, 3.05) is 14.1 Å². The second-order valence-electron chi connectivity index (χ2n) is 5.30. The number of rotatable bonds is 4. The van der Waals surface area contributed by atoms with Gasteiger partial charge in [-0.2, -0.15) is 0 Å². The van der Waals surface area contributed by atoms with Crippen molar-refractivity contribution in [3.63, 3.8) is 0 Å². The van der Waals surface area contributed by atoms with Crippen LogP contribution in [0.2, 0.25) is 0 Å². The summed E-state index contributed by atoms with van der Waals surface area (Å²) in [6.07, 6.45) is 4.73. The average Bonchev–Trinajstić information content (AvgIpc) is 2.49. The van der Waals surface area contributed by atoms with Gasteiger partial charge in [-0.05, 0) is 26.5 Å². The van der Waals surface area contributed by atoms with Crippen LogP contribution in [0.5, 0.6) is 0 Å². The lowest BCUT2D eigenvalue weighted by molar-refractivity contribution is -0.132. The zero-order valence-corrected chi connectivity index (χ0v) is 12.8. The molecule has 21 heavy (non-hydrogen) atoms. The molecule has 2 atom stereocenters. The van der Waals surface area contributed by atoms with Gasteiger partial charge in [0.1, 0.15) is 0 Å². The topological polar surface area (TPSA) is 48.5 Å². The van der Waals surface area contributed by atoms with Gasteiger partial charge >= 0.3 is 0 Å². The number of halogens is 1. The van der Waals surface area contributed by atoms with Crippen LogP contribution in [-0.2, 0) is 4.79 Å². The molecule has 1 N–H and O–H groups in total. The van der Waals surface area contributed by atoms with Gasteiger partial charge in [0.2, 0.25) is 0 Å². The number of amides is 1. The molecule has 0 aromatic carbocycles. The number of nitrogens with one attached hydrogen (secondary N) is 1. The number of hydrogen-bond acceptors (Lipinski definition) is 4. The molecular formula is C15H21FN4O. The van der Waals surface area contributed by atoms with Crippen LogP contribution in [-0.4, -0.2) is 47.1 Å². The lowest BCUT2D eigenvalue weighted by Crippen LogP contribution is -2.59. The molecule has 0 saturated heterocycles. The predicted octanol–water partition coefficient (Wildman–Crippen LogP) is 1.64. The van der Waals surface area contributed by atoms with Gasteiger partial charge < -0.3 is 10.2 Å². The molecule has 0 saturated carbocycles. The molecular weight excluding hydrogens is 271 g/mol. The number of carbonyl (C=O) groups excluding carboxylic acids is 1. The minimum atomic E-state index is -0.446. The Balaban J connectivity index is 2.32. The van der Waals surface area contributed by atoms with Gasteiger partial charge in [0.25, 0.3) is 5.91 Å². The maximum Gasteiger partial charge on any atom is 0.251 e. The van der Waals surface area contributed by atoms with Gasteiger partial charge in [-0.25, -0.2) is 4.39 Å². The SMILES string of the molecule is CC[C@H](C)N(C)C1NC(c2ccncc2F)=CC(=O)N1C. The molecule has 0 radical (unpaired) electrons. The summed E-state index contributed by atoms with van der Waals surface area (Å²) in [5, 5.41) is 3.23. The molecule has 1 aromatic rings. The summed E-state index contributed by atoms with van der Waals surface area (Å²) in [5.74, 6) is -0.598. The normalized spacial score (nSPS) is 20.3. The van der Waals surface area contributed by atoms with Gasteiger partial charge in [0.05, 0.1) is 11.9 Å². The highest BCUT2D eigenvalue weighted by Gasteiger charge is 2.30. The van der Waals surface area contributed by atoms with Crippen molar-refractivity contribution >= 4 is 11.6 Å². The van der Waals surface area contributed by atoms with Crippen LogP contribution in [0.1, 0.15) is 25.8 Å². The zero-order chi connectivity index (χ0) is 15.6. The summed E-state index contributed by atoms with van der Waals surface area (Å²) in [7, 11) is 3.68. The summed E-state index contributed by atoms with van der Waals surface area (Å²) in [6.45, 7) is 4.18. The first-order valence-corrected chi connectivity index (χ1v) is 7.02. The van der Waals surface area contributed by atoms with Gasteiger partial charge in [0.15, 0.2) is 12.1 Å². The minimum Gasteiger partial charge on any atom is -0.352 e. The van der Waals surface area contributed by atoms with Crippen molar-refractivity contribution in [2.45, 2.75) is 32.6 Å². The van der Waals surface area contributed by atoms with Crippen LogP contribution in [0.3, 0.4) is 0 Å². The highest BCUT2D eigenvalue weighted by Crippen LogP contribution is 2.21. The first-order valence-electron chi connectivity index (χ1n) is 7.02. The first-order chi connectivity index (χ1) is 9.95. The molecule has 1 amide bonds. The van der Waals surface area contributed by atoms with Crippen molar-refractivity contribution in [2.24, 2.45) is 0 Å². The number of nitrogens with zero attached hydrogens (tertiary/aromatic N) is 3. The number of aromatic nitrogens is 1. The molecule has 0 aliphatic carbocycles. The maximum atomic E-state index is 13.9. The van der Waals surface area contributed by atoms with Crippen LogP contribution in [0.15, 0.2) is 24.5 Å². The lowest BCUT2D eigenvalue weighted by atomic mass is 10.1. The third-order valence-corrected chi connectivity index (χ3v) is 4.00. The average molecular weight is 292 g/mol. The Morgan fingerprint density at radius 2 is 2.29 bits per heavy atom. The van der Waals surface area contributed by atoms with E-state index in [4.69, 9.17) is 0 Å². The second-order valence-corrected chi connectivity index (χ2v) is 5.30. The Labute approximate surface area is 124 Å². The predicted molar refractivity (Wildman–Crippen MR) is 79.4 cm³/mol. The van der Waals surface area contributed by atoms with E-state index in [1.54, 1.807) is 18.0 Å². The van der Waals surface area contributed by atoms with E-state index >= 15 is 0 Å². The standard InChI is InChI=1S/C15H21FN4O/c1-5-10(2)19(3)15-18-13(8-14(21)20(15)4)11-6-7-17-9-12(11)16/h6-10,15,18H,5H2,1-4H3/t10-,15?/m0/s1. The molecule has 5 nitrogen and oxygen atoms in total.